The van der Waals surface area contributed by atoms with Gasteiger partial charge in [0, 0.05) is 31.2 Å². The normalized spacial score (nSPS) is 26.2. The molecular formula is C17H22N2O2. The molecule has 2 atom stereocenters. The summed E-state index contributed by atoms with van der Waals surface area (Å²) in [6, 6.07) is 9.94. The van der Waals surface area contributed by atoms with Crippen molar-refractivity contribution in [2.45, 2.75) is 38.6 Å². The van der Waals surface area contributed by atoms with E-state index in [4.69, 9.17) is 0 Å². The minimum Gasteiger partial charge on any atom is -0.340 e. The Morgan fingerprint density at radius 3 is 2.67 bits per heavy atom. The molecule has 21 heavy (non-hydrogen) atoms. The van der Waals surface area contributed by atoms with Crippen LogP contribution in [0.2, 0.25) is 0 Å². The molecule has 2 fully saturated rings. The molecule has 2 saturated heterocycles. The van der Waals surface area contributed by atoms with Crippen LogP contribution in [0.4, 0.5) is 5.69 Å². The Bertz CT molecular complexity index is 529. The van der Waals surface area contributed by atoms with Crippen LogP contribution in [0, 0.1) is 5.92 Å². The molecule has 1 aromatic carbocycles. The molecule has 0 aliphatic carbocycles. The van der Waals surface area contributed by atoms with Crippen LogP contribution in [0.1, 0.15) is 32.6 Å². The second-order valence-electron chi connectivity index (χ2n) is 6.12. The maximum absolute atomic E-state index is 12.7. The van der Waals surface area contributed by atoms with Crippen molar-refractivity contribution in [2.24, 2.45) is 5.92 Å². The Labute approximate surface area is 125 Å². The molecule has 2 aliphatic rings. The molecule has 0 bridgehead atoms. The van der Waals surface area contributed by atoms with E-state index in [2.05, 4.69) is 6.92 Å². The lowest BCUT2D eigenvalue weighted by Gasteiger charge is -2.35. The molecule has 0 aromatic heterocycles. The number of rotatable bonds is 2. The molecule has 2 amide bonds. The maximum Gasteiger partial charge on any atom is 0.228 e. The summed E-state index contributed by atoms with van der Waals surface area (Å²) in [4.78, 5) is 28.6. The first-order chi connectivity index (χ1) is 10.2. The molecule has 0 radical (unpaired) electrons. The van der Waals surface area contributed by atoms with Crippen LogP contribution in [0.25, 0.3) is 0 Å². The van der Waals surface area contributed by atoms with Crippen LogP contribution in [-0.2, 0) is 9.59 Å². The van der Waals surface area contributed by atoms with Gasteiger partial charge in [0.05, 0.1) is 5.92 Å². The maximum atomic E-state index is 12.7. The third kappa shape index (κ3) is 2.80. The Balaban J connectivity index is 1.71. The minimum absolute atomic E-state index is 0.0595. The largest absolute Gasteiger partial charge is 0.340 e. The first-order valence-corrected chi connectivity index (χ1v) is 7.82. The fourth-order valence-corrected chi connectivity index (χ4v) is 3.39. The Kier molecular flexibility index (Phi) is 3.95. The lowest BCUT2D eigenvalue weighted by atomic mass is 9.99. The van der Waals surface area contributed by atoms with E-state index < -0.39 is 0 Å². The van der Waals surface area contributed by atoms with Gasteiger partial charge in [0.25, 0.3) is 0 Å². The lowest BCUT2D eigenvalue weighted by molar-refractivity contribution is -0.139. The van der Waals surface area contributed by atoms with Crippen LogP contribution in [0.15, 0.2) is 30.3 Å². The molecule has 4 heteroatoms. The Morgan fingerprint density at radius 1 is 1.19 bits per heavy atom. The fraction of sp³-hybridized carbons (Fsp3) is 0.529. The van der Waals surface area contributed by atoms with Gasteiger partial charge in [-0.05, 0) is 38.3 Å². The van der Waals surface area contributed by atoms with E-state index in [0.29, 0.717) is 19.0 Å². The van der Waals surface area contributed by atoms with E-state index in [9.17, 15) is 9.59 Å². The smallest absolute Gasteiger partial charge is 0.228 e. The van der Waals surface area contributed by atoms with Crippen LogP contribution in [-0.4, -0.2) is 35.8 Å². The van der Waals surface area contributed by atoms with Crippen LogP contribution < -0.4 is 4.90 Å². The molecule has 0 saturated carbocycles. The summed E-state index contributed by atoms with van der Waals surface area (Å²) >= 11 is 0. The summed E-state index contributed by atoms with van der Waals surface area (Å²) < 4.78 is 0. The molecule has 1 aromatic rings. The standard InChI is InChI=1S/C17H22N2O2/c1-13-7-5-6-10-18(13)17(21)14-11-16(20)19(12-14)15-8-3-2-4-9-15/h2-4,8-9,13-14H,5-7,10-12H2,1H3/t13-,14+/m1/s1. The number of carbonyl (C=O) groups is 2. The molecule has 0 N–H and O–H groups in total. The highest BCUT2D eigenvalue weighted by Crippen LogP contribution is 2.28. The number of carbonyl (C=O) groups excluding carboxylic acids is 2. The number of hydrogen-bond acceptors (Lipinski definition) is 2. The highest BCUT2D eigenvalue weighted by Gasteiger charge is 2.38. The summed E-state index contributed by atoms with van der Waals surface area (Å²) in [5.74, 6) is 0.0384. The summed E-state index contributed by atoms with van der Waals surface area (Å²) in [5.41, 5.74) is 0.893. The van der Waals surface area contributed by atoms with Gasteiger partial charge >= 0.3 is 0 Å². The topological polar surface area (TPSA) is 40.6 Å². The SMILES string of the molecule is C[C@@H]1CCCCN1C(=O)[C@H]1CC(=O)N(c2ccccc2)C1. The third-order valence-corrected chi connectivity index (χ3v) is 4.63. The van der Waals surface area contributed by atoms with Gasteiger partial charge in [-0.25, -0.2) is 0 Å². The number of piperidine rings is 1. The molecule has 4 nitrogen and oxygen atoms in total. The zero-order chi connectivity index (χ0) is 14.8. The van der Waals surface area contributed by atoms with Crippen molar-refractivity contribution < 1.29 is 9.59 Å². The zero-order valence-corrected chi connectivity index (χ0v) is 12.5. The summed E-state index contributed by atoms with van der Waals surface area (Å²) in [5, 5.41) is 0. The van der Waals surface area contributed by atoms with E-state index >= 15 is 0 Å². The highest BCUT2D eigenvalue weighted by atomic mass is 16.2. The molecule has 0 unspecified atom stereocenters. The molecule has 0 spiro atoms. The van der Waals surface area contributed by atoms with Crippen molar-refractivity contribution in [3.05, 3.63) is 30.3 Å². The molecular weight excluding hydrogens is 264 g/mol. The monoisotopic (exact) mass is 286 g/mol. The van der Waals surface area contributed by atoms with Crippen LogP contribution in [0.3, 0.4) is 0 Å². The van der Waals surface area contributed by atoms with E-state index in [0.717, 1.165) is 25.1 Å². The molecule has 2 heterocycles. The Morgan fingerprint density at radius 2 is 1.95 bits per heavy atom. The van der Waals surface area contributed by atoms with Gasteiger partial charge in [0.15, 0.2) is 0 Å². The summed E-state index contributed by atoms with van der Waals surface area (Å²) in [6.07, 6.45) is 3.70. The highest BCUT2D eigenvalue weighted by molar-refractivity contribution is 6.00. The third-order valence-electron chi connectivity index (χ3n) is 4.63. The first-order valence-electron chi connectivity index (χ1n) is 7.82. The van der Waals surface area contributed by atoms with Crippen molar-refractivity contribution in [1.82, 2.24) is 4.90 Å². The zero-order valence-electron chi connectivity index (χ0n) is 12.5. The van der Waals surface area contributed by atoms with Crippen LogP contribution >= 0.6 is 0 Å². The lowest BCUT2D eigenvalue weighted by Crippen LogP contribution is -2.45. The first kappa shape index (κ1) is 14.1. The van der Waals surface area contributed by atoms with Gasteiger partial charge in [0.1, 0.15) is 0 Å². The molecule has 2 aliphatic heterocycles. The second-order valence-corrected chi connectivity index (χ2v) is 6.12. The predicted octanol–water partition coefficient (Wildman–Crippen LogP) is 2.44. The van der Waals surface area contributed by atoms with Gasteiger partial charge in [-0.1, -0.05) is 18.2 Å². The second kappa shape index (κ2) is 5.88. The minimum atomic E-state index is -0.182. The number of hydrogen-bond donors (Lipinski definition) is 0. The van der Waals surface area contributed by atoms with Gasteiger partial charge in [-0.3, -0.25) is 9.59 Å². The van der Waals surface area contributed by atoms with E-state index in [1.165, 1.54) is 6.42 Å². The number of amides is 2. The van der Waals surface area contributed by atoms with Crippen molar-refractivity contribution in [3.63, 3.8) is 0 Å². The number of para-hydroxylation sites is 1. The quantitative estimate of drug-likeness (QED) is 0.838. The average molecular weight is 286 g/mol. The number of benzene rings is 1. The van der Waals surface area contributed by atoms with Crippen molar-refractivity contribution in [1.29, 1.82) is 0 Å². The number of anilines is 1. The predicted molar refractivity (Wildman–Crippen MR) is 81.9 cm³/mol. The number of likely N-dealkylation sites (tertiary alicyclic amines) is 1. The van der Waals surface area contributed by atoms with Gasteiger partial charge in [-0.2, -0.15) is 0 Å². The Hall–Kier alpha value is -1.84. The summed E-state index contributed by atoms with van der Waals surface area (Å²) in [6.45, 7) is 3.48. The van der Waals surface area contributed by atoms with Crippen molar-refractivity contribution >= 4 is 17.5 Å². The van der Waals surface area contributed by atoms with Crippen LogP contribution in [0.5, 0.6) is 0 Å². The fourth-order valence-electron chi connectivity index (χ4n) is 3.39. The van der Waals surface area contributed by atoms with E-state index in [-0.39, 0.29) is 17.7 Å². The average Bonchev–Trinajstić information content (AvgIpc) is 2.90. The van der Waals surface area contributed by atoms with Gasteiger partial charge in [-0.15, -0.1) is 0 Å². The number of nitrogens with zero attached hydrogens (tertiary/aromatic N) is 2. The van der Waals surface area contributed by atoms with E-state index in [1.54, 1.807) is 4.90 Å². The molecule has 112 valence electrons. The van der Waals surface area contributed by atoms with Crippen molar-refractivity contribution in [3.8, 4) is 0 Å². The van der Waals surface area contributed by atoms with Crippen molar-refractivity contribution in [2.75, 3.05) is 18.0 Å². The molecule has 3 rings (SSSR count). The van der Waals surface area contributed by atoms with E-state index in [1.807, 2.05) is 35.2 Å². The summed E-state index contributed by atoms with van der Waals surface area (Å²) in [7, 11) is 0. The van der Waals surface area contributed by atoms with Gasteiger partial charge in [0.2, 0.25) is 11.8 Å². The van der Waals surface area contributed by atoms with Gasteiger partial charge < -0.3 is 9.80 Å².